The number of carbonyl (C=O) groups is 1. The van der Waals surface area contributed by atoms with Gasteiger partial charge in [0.05, 0.1) is 6.42 Å². The summed E-state index contributed by atoms with van der Waals surface area (Å²) in [5, 5.41) is 27.5. The lowest BCUT2D eigenvalue weighted by atomic mass is 10.2. The van der Waals surface area contributed by atoms with Gasteiger partial charge in [0, 0.05) is 17.7 Å². The van der Waals surface area contributed by atoms with E-state index in [2.05, 4.69) is 0 Å². The SMILES string of the molecule is Cc1c(C)c(O)n(CCC(=O)O)c1O. The van der Waals surface area contributed by atoms with Crippen LogP contribution in [0.3, 0.4) is 0 Å². The topological polar surface area (TPSA) is 82.7 Å². The third kappa shape index (κ3) is 1.66. The molecular weight excluding hydrogens is 186 g/mol. The molecule has 78 valence electrons. The number of rotatable bonds is 3. The molecule has 0 aromatic carbocycles. The van der Waals surface area contributed by atoms with Gasteiger partial charge in [-0.1, -0.05) is 0 Å². The third-order valence-electron chi connectivity index (χ3n) is 2.29. The van der Waals surface area contributed by atoms with Crippen LogP contribution in [0, 0.1) is 13.8 Å². The highest BCUT2D eigenvalue weighted by molar-refractivity contribution is 5.66. The zero-order chi connectivity index (χ0) is 10.9. The maximum atomic E-state index is 10.3. The molecule has 1 heterocycles. The van der Waals surface area contributed by atoms with Crippen molar-refractivity contribution in [3.05, 3.63) is 11.1 Å². The van der Waals surface area contributed by atoms with E-state index in [1.165, 1.54) is 4.57 Å². The number of nitrogens with zero attached hydrogens (tertiary/aromatic N) is 1. The van der Waals surface area contributed by atoms with Gasteiger partial charge in [-0.2, -0.15) is 0 Å². The minimum absolute atomic E-state index is 0.0683. The average molecular weight is 199 g/mol. The van der Waals surface area contributed by atoms with E-state index in [-0.39, 0.29) is 24.7 Å². The first-order valence-electron chi connectivity index (χ1n) is 4.24. The first-order chi connectivity index (χ1) is 6.45. The van der Waals surface area contributed by atoms with Crippen molar-refractivity contribution in [2.24, 2.45) is 0 Å². The van der Waals surface area contributed by atoms with E-state index in [1.54, 1.807) is 13.8 Å². The summed E-state index contributed by atoms with van der Waals surface area (Å²) in [6.07, 6.45) is -0.130. The lowest BCUT2D eigenvalue weighted by Crippen LogP contribution is -2.03. The Labute approximate surface area is 81.2 Å². The maximum Gasteiger partial charge on any atom is 0.305 e. The van der Waals surface area contributed by atoms with Crippen molar-refractivity contribution in [2.75, 3.05) is 0 Å². The summed E-state index contributed by atoms with van der Waals surface area (Å²) in [4.78, 5) is 10.3. The molecule has 3 N–H and O–H groups in total. The van der Waals surface area contributed by atoms with Gasteiger partial charge in [-0.3, -0.25) is 9.36 Å². The summed E-state index contributed by atoms with van der Waals surface area (Å²) in [6.45, 7) is 3.41. The second kappa shape index (κ2) is 3.61. The van der Waals surface area contributed by atoms with Gasteiger partial charge in [-0.25, -0.2) is 0 Å². The molecule has 0 spiro atoms. The maximum absolute atomic E-state index is 10.3. The Balaban J connectivity index is 2.97. The van der Waals surface area contributed by atoms with Crippen LogP contribution in [0.2, 0.25) is 0 Å². The number of carboxylic acids is 1. The van der Waals surface area contributed by atoms with Crippen LogP contribution in [0.15, 0.2) is 0 Å². The molecule has 1 aromatic rings. The second-order valence-corrected chi connectivity index (χ2v) is 3.19. The Morgan fingerprint density at radius 1 is 1.21 bits per heavy atom. The van der Waals surface area contributed by atoms with E-state index in [9.17, 15) is 15.0 Å². The molecule has 5 nitrogen and oxygen atoms in total. The standard InChI is InChI=1S/C9H13NO4/c1-5-6(2)9(14)10(8(5)13)4-3-7(11)12/h13-14H,3-4H2,1-2H3,(H,11,12). The Bertz CT molecular complexity index is 342. The van der Waals surface area contributed by atoms with Crippen molar-refractivity contribution < 1.29 is 20.1 Å². The quantitative estimate of drug-likeness (QED) is 0.678. The smallest absolute Gasteiger partial charge is 0.305 e. The zero-order valence-electron chi connectivity index (χ0n) is 8.11. The highest BCUT2D eigenvalue weighted by Crippen LogP contribution is 2.32. The van der Waals surface area contributed by atoms with E-state index in [0.717, 1.165) is 0 Å². The summed E-state index contributed by atoms with van der Waals surface area (Å²) in [6, 6.07) is 0. The molecule has 0 amide bonds. The molecule has 14 heavy (non-hydrogen) atoms. The Kier molecular flexibility index (Phi) is 2.69. The van der Waals surface area contributed by atoms with Crippen molar-refractivity contribution in [1.82, 2.24) is 4.57 Å². The number of hydrogen-bond acceptors (Lipinski definition) is 3. The largest absolute Gasteiger partial charge is 0.494 e. The van der Waals surface area contributed by atoms with Crippen LogP contribution in [0.1, 0.15) is 17.5 Å². The predicted molar refractivity (Wildman–Crippen MR) is 49.5 cm³/mol. The molecule has 0 saturated carbocycles. The average Bonchev–Trinajstić information content (AvgIpc) is 2.29. The molecule has 0 aliphatic heterocycles. The summed E-state index contributed by atoms with van der Waals surface area (Å²) in [5.74, 6) is -1.10. The molecule has 1 aromatic heterocycles. The normalized spacial score (nSPS) is 10.4. The molecule has 0 unspecified atom stereocenters. The Morgan fingerprint density at radius 3 is 2.00 bits per heavy atom. The Morgan fingerprint density at radius 2 is 1.64 bits per heavy atom. The summed E-state index contributed by atoms with van der Waals surface area (Å²) in [7, 11) is 0. The molecule has 0 saturated heterocycles. The van der Waals surface area contributed by atoms with E-state index in [1.807, 2.05) is 0 Å². The molecule has 0 fully saturated rings. The van der Waals surface area contributed by atoms with Crippen LogP contribution >= 0.6 is 0 Å². The summed E-state index contributed by atoms with van der Waals surface area (Å²) < 4.78 is 1.19. The minimum Gasteiger partial charge on any atom is -0.494 e. The van der Waals surface area contributed by atoms with Gasteiger partial charge >= 0.3 is 5.97 Å². The van der Waals surface area contributed by atoms with Gasteiger partial charge in [0.1, 0.15) is 0 Å². The molecule has 0 aliphatic rings. The van der Waals surface area contributed by atoms with Crippen LogP contribution < -0.4 is 0 Å². The first-order valence-corrected chi connectivity index (χ1v) is 4.24. The van der Waals surface area contributed by atoms with Gasteiger partial charge in [0.15, 0.2) is 11.8 Å². The van der Waals surface area contributed by atoms with Crippen LogP contribution in [-0.2, 0) is 11.3 Å². The van der Waals surface area contributed by atoms with Gasteiger partial charge in [-0.15, -0.1) is 0 Å². The van der Waals surface area contributed by atoms with Crippen LogP contribution in [0.4, 0.5) is 0 Å². The lowest BCUT2D eigenvalue weighted by molar-refractivity contribution is -0.137. The molecule has 1 rings (SSSR count). The van der Waals surface area contributed by atoms with Crippen molar-refractivity contribution in [3.63, 3.8) is 0 Å². The van der Waals surface area contributed by atoms with Crippen molar-refractivity contribution in [3.8, 4) is 11.8 Å². The number of aromatic nitrogens is 1. The lowest BCUT2D eigenvalue weighted by Gasteiger charge is -2.04. The zero-order valence-corrected chi connectivity index (χ0v) is 8.11. The monoisotopic (exact) mass is 199 g/mol. The van der Waals surface area contributed by atoms with Crippen molar-refractivity contribution in [1.29, 1.82) is 0 Å². The van der Waals surface area contributed by atoms with Crippen LogP contribution in [-0.4, -0.2) is 25.9 Å². The summed E-state index contributed by atoms with van der Waals surface area (Å²) in [5.41, 5.74) is 1.15. The molecule has 0 bridgehead atoms. The molecule has 5 heteroatoms. The van der Waals surface area contributed by atoms with Crippen LogP contribution in [0.5, 0.6) is 11.8 Å². The van der Waals surface area contributed by atoms with E-state index >= 15 is 0 Å². The van der Waals surface area contributed by atoms with Gasteiger partial charge in [0.2, 0.25) is 0 Å². The van der Waals surface area contributed by atoms with Crippen LogP contribution in [0.25, 0.3) is 0 Å². The second-order valence-electron chi connectivity index (χ2n) is 3.19. The fourth-order valence-electron chi connectivity index (χ4n) is 1.26. The van der Waals surface area contributed by atoms with Crippen molar-refractivity contribution in [2.45, 2.75) is 26.8 Å². The third-order valence-corrected chi connectivity index (χ3v) is 2.29. The predicted octanol–water partition coefficient (Wildman–Crippen LogP) is 0.991. The molecule has 0 atom stereocenters. The Hall–Kier alpha value is -1.65. The van der Waals surface area contributed by atoms with E-state index in [0.29, 0.717) is 11.1 Å². The number of carboxylic acid groups (broad SMARTS) is 1. The first kappa shape index (κ1) is 10.4. The fraction of sp³-hybridized carbons (Fsp3) is 0.444. The van der Waals surface area contributed by atoms with Gasteiger partial charge < -0.3 is 15.3 Å². The van der Waals surface area contributed by atoms with Gasteiger partial charge in [0.25, 0.3) is 0 Å². The van der Waals surface area contributed by atoms with Crippen molar-refractivity contribution >= 4 is 5.97 Å². The number of aromatic hydroxyl groups is 2. The molecule has 0 radical (unpaired) electrons. The molecular formula is C9H13NO4. The molecule has 0 aliphatic carbocycles. The number of aliphatic carboxylic acids is 1. The highest BCUT2D eigenvalue weighted by Gasteiger charge is 2.16. The fourth-order valence-corrected chi connectivity index (χ4v) is 1.26. The van der Waals surface area contributed by atoms with E-state index in [4.69, 9.17) is 5.11 Å². The highest BCUT2D eigenvalue weighted by atomic mass is 16.4. The number of hydrogen-bond donors (Lipinski definition) is 3. The van der Waals surface area contributed by atoms with E-state index < -0.39 is 5.97 Å². The van der Waals surface area contributed by atoms with Gasteiger partial charge in [-0.05, 0) is 13.8 Å². The summed E-state index contributed by atoms with van der Waals surface area (Å²) >= 11 is 0. The minimum atomic E-state index is -0.965.